The number of Topliss-reactive ketones (excluding diaryl/α,β-unsaturated/α-hetero) is 1. The summed E-state index contributed by atoms with van der Waals surface area (Å²) in [6.07, 6.45) is 1.51. The number of rotatable bonds is 5. The van der Waals surface area contributed by atoms with E-state index in [9.17, 15) is 14.0 Å². The lowest BCUT2D eigenvalue weighted by Gasteiger charge is -2.09. The molecule has 0 aliphatic rings. The Morgan fingerprint density at radius 1 is 1.00 bits per heavy atom. The number of nitrogens with one attached hydrogen (secondary N) is 2. The van der Waals surface area contributed by atoms with Gasteiger partial charge in [0.05, 0.1) is 16.9 Å². The first-order valence-corrected chi connectivity index (χ1v) is 8.40. The number of anilines is 3. The zero-order valence-electron chi connectivity index (χ0n) is 14.3. The normalized spacial score (nSPS) is 10.3. The van der Waals surface area contributed by atoms with Crippen LogP contribution in [0.2, 0.25) is 5.02 Å². The third-order valence-electron chi connectivity index (χ3n) is 3.73. The summed E-state index contributed by atoms with van der Waals surface area (Å²) in [6, 6.07) is 14.2. The van der Waals surface area contributed by atoms with Crippen molar-refractivity contribution in [1.29, 1.82) is 0 Å². The number of amides is 1. The third-order valence-corrected chi connectivity index (χ3v) is 4.02. The van der Waals surface area contributed by atoms with Gasteiger partial charge in [0, 0.05) is 16.9 Å². The molecule has 0 aliphatic heterocycles. The summed E-state index contributed by atoms with van der Waals surface area (Å²) in [7, 11) is 0. The van der Waals surface area contributed by atoms with E-state index >= 15 is 0 Å². The van der Waals surface area contributed by atoms with Gasteiger partial charge in [-0.15, -0.1) is 0 Å². The molecule has 3 rings (SSSR count). The maximum atomic E-state index is 13.2. The van der Waals surface area contributed by atoms with Crippen LogP contribution in [0.5, 0.6) is 0 Å². The van der Waals surface area contributed by atoms with Crippen LogP contribution in [0.1, 0.15) is 27.8 Å². The molecule has 2 aromatic carbocycles. The fourth-order valence-electron chi connectivity index (χ4n) is 2.35. The molecule has 0 radical (unpaired) electrons. The average molecular weight is 384 g/mol. The molecule has 0 saturated carbocycles. The summed E-state index contributed by atoms with van der Waals surface area (Å²) in [5.41, 5.74) is 2.57. The molecule has 5 nitrogen and oxygen atoms in total. The van der Waals surface area contributed by atoms with Crippen molar-refractivity contribution in [2.24, 2.45) is 0 Å². The second-order valence-electron chi connectivity index (χ2n) is 5.78. The average Bonchev–Trinajstić information content (AvgIpc) is 2.65. The predicted molar refractivity (Wildman–Crippen MR) is 103 cm³/mol. The van der Waals surface area contributed by atoms with Gasteiger partial charge in [-0.05, 0) is 49.4 Å². The van der Waals surface area contributed by atoms with Crippen LogP contribution < -0.4 is 10.6 Å². The van der Waals surface area contributed by atoms with Crippen molar-refractivity contribution in [2.75, 3.05) is 10.6 Å². The van der Waals surface area contributed by atoms with Crippen LogP contribution in [0.3, 0.4) is 0 Å². The number of carbonyl (C=O) groups is 2. The fraction of sp³-hybridized carbons (Fsp3) is 0.0500. The Morgan fingerprint density at radius 3 is 2.44 bits per heavy atom. The molecule has 1 aromatic heterocycles. The number of aromatic nitrogens is 1. The van der Waals surface area contributed by atoms with Gasteiger partial charge in [-0.1, -0.05) is 23.7 Å². The smallest absolute Gasteiger partial charge is 0.274 e. The van der Waals surface area contributed by atoms with Gasteiger partial charge in [0.15, 0.2) is 5.78 Å². The zero-order chi connectivity index (χ0) is 19.4. The van der Waals surface area contributed by atoms with Crippen LogP contribution in [0.15, 0.2) is 60.8 Å². The number of carbonyl (C=O) groups excluding carboxylic acids is 2. The van der Waals surface area contributed by atoms with E-state index in [1.807, 2.05) is 6.07 Å². The highest BCUT2D eigenvalue weighted by molar-refractivity contribution is 6.31. The molecule has 0 atom stereocenters. The van der Waals surface area contributed by atoms with Crippen LogP contribution in [-0.2, 0) is 0 Å². The Labute approximate surface area is 160 Å². The second kappa shape index (κ2) is 7.97. The highest BCUT2D eigenvalue weighted by Gasteiger charge is 2.09. The Kier molecular flexibility index (Phi) is 5.47. The van der Waals surface area contributed by atoms with Crippen molar-refractivity contribution in [3.63, 3.8) is 0 Å². The van der Waals surface area contributed by atoms with Gasteiger partial charge in [0.1, 0.15) is 11.5 Å². The Morgan fingerprint density at radius 2 is 1.78 bits per heavy atom. The first-order valence-electron chi connectivity index (χ1n) is 8.03. The van der Waals surface area contributed by atoms with Crippen LogP contribution in [0.25, 0.3) is 0 Å². The zero-order valence-corrected chi connectivity index (χ0v) is 15.0. The number of ketones is 1. The molecule has 3 aromatic rings. The van der Waals surface area contributed by atoms with E-state index in [1.54, 1.807) is 30.3 Å². The molecular weight excluding hydrogens is 369 g/mol. The number of pyridine rings is 1. The van der Waals surface area contributed by atoms with Crippen LogP contribution >= 0.6 is 11.6 Å². The number of hydrogen-bond donors (Lipinski definition) is 2. The molecule has 1 heterocycles. The number of benzene rings is 2. The Balaban J connectivity index is 1.69. The summed E-state index contributed by atoms with van der Waals surface area (Å²) >= 11 is 5.70. The van der Waals surface area contributed by atoms with Gasteiger partial charge in [0.2, 0.25) is 0 Å². The third kappa shape index (κ3) is 4.68. The van der Waals surface area contributed by atoms with Gasteiger partial charge < -0.3 is 10.6 Å². The van der Waals surface area contributed by atoms with Crippen molar-refractivity contribution in [2.45, 2.75) is 6.92 Å². The minimum Gasteiger partial charge on any atom is -0.354 e. The summed E-state index contributed by atoms with van der Waals surface area (Å²) in [4.78, 5) is 27.8. The van der Waals surface area contributed by atoms with Crippen molar-refractivity contribution in [1.82, 2.24) is 4.98 Å². The lowest BCUT2D eigenvalue weighted by Crippen LogP contribution is -2.13. The van der Waals surface area contributed by atoms with Gasteiger partial charge >= 0.3 is 0 Å². The molecule has 1 amide bonds. The first-order chi connectivity index (χ1) is 12.9. The molecular formula is C20H15ClFN3O2. The van der Waals surface area contributed by atoms with Gasteiger partial charge in [-0.25, -0.2) is 9.37 Å². The van der Waals surface area contributed by atoms with E-state index in [0.717, 1.165) is 5.69 Å². The van der Waals surface area contributed by atoms with Gasteiger partial charge in [-0.3, -0.25) is 9.59 Å². The highest BCUT2D eigenvalue weighted by Crippen LogP contribution is 2.21. The maximum absolute atomic E-state index is 13.2. The van der Waals surface area contributed by atoms with Gasteiger partial charge in [0.25, 0.3) is 5.91 Å². The minimum absolute atomic E-state index is 0.0234. The molecule has 0 bridgehead atoms. The van der Waals surface area contributed by atoms with Crippen LogP contribution in [0.4, 0.5) is 21.5 Å². The van der Waals surface area contributed by atoms with Crippen molar-refractivity contribution in [3.05, 3.63) is 82.9 Å². The van der Waals surface area contributed by atoms with Crippen LogP contribution in [-0.4, -0.2) is 16.7 Å². The molecule has 0 unspecified atom stereocenters. The molecule has 0 fully saturated rings. The summed E-state index contributed by atoms with van der Waals surface area (Å²) in [6.45, 7) is 1.50. The predicted octanol–water partition coefficient (Wildman–Crippen LogP) is 5.07. The minimum atomic E-state index is -0.558. The van der Waals surface area contributed by atoms with E-state index in [0.29, 0.717) is 16.9 Å². The summed E-state index contributed by atoms with van der Waals surface area (Å²) in [5, 5.41) is 5.65. The van der Waals surface area contributed by atoms with E-state index < -0.39 is 11.7 Å². The number of halogens is 2. The number of hydrogen-bond acceptors (Lipinski definition) is 4. The van der Waals surface area contributed by atoms with Crippen molar-refractivity contribution < 1.29 is 14.0 Å². The van der Waals surface area contributed by atoms with Gasteiger partial charge in [-0.2, -0.15) is 0 Å². The van der Waals surface area contributed by atoms with Crippen molar-refractivity contribution >= 4 is 40.4 Å². The lowest BCUT2D eigenvalue weighted by molar-refractivity contribution is 0.101. The molecule has 0 saturated heterocycles. The monoisotopic (exact) mass is 383 g/mol. The number of nitrogens with zero attached hydrogens (tertiary/aromatic N) is 1. The SMILES string of the molecule is CC(=O)c1cccc(Nc2ccc(C(=O)Nc3ccc(F)c(Cl)c3)nc2)c1. The quantitative estimate of drug-likeness (QED) is 0.603. The van der Waals surface area contributed by atoms with E-state index in [-0.39, 0.29) is 16.5 Å². The molecule has 136 valence electrons. The van der Waals surface area contributed by atoms with E-state index in [4.69, 9.17) is 11.6 Å². The summed E-state index contributed by atoms with van der Waals surface area (Å²) in [5.74, 6) is -1.02. The van der Waals surface area contributed by atoms with Crippen molar-refractivity contribution in [3.8, 4) is 0 Å². The standard InChI is InChI=1S/C20H15ClFN3O2/c1-12(26)13-3-2-4-14(9-13)24-16-6-8-19(23-11-16)20(27)25-15-5-7-18(22)17(21)10-15/h2-11,24H,1H3,(H,25,27). The molecule has 0 spiro atoms. The lowest BCUT2D eigenvalue weighted by atomic mass is 10.1. The Bertz CT molecular complexity index is 1010. The highest BCUT2D eigenvalue weighted by atomic mass is 35.5. The molecule has 7 heteroatoms. The fourth-order valence-corrected chi connectivity index (χ4v) is 2.53. The molecule has 2 N–H and O–H groups in total. The molecule has 0 aliphatic carbocycles. The topological polar surface area (TPSA) is 71.1 Å². The van der Waals surface area contributed by atoms with E-state index in [2.05, 4.69) is 15.6 Å². The maximum Gasteiger partial charge on any atom is 0.274 e. The Hall–Kier alpha value is -3.25. The molecule has 27 heavy (non-hydrogen) atoms. The van der Waals surface area contributed by atoms with E-state index in [1.165, 1.54) is 31.3 Å². The summed E-state index contributed by atoms with van der Waals surface area (Å²) < 4.78 is 13.2. The largest absolute Gasteiger partial charge is 0.354 e. The second-order valence-corrected chi connectivity index (χ2v) is 6.18. The van der Waals surface area contributed by atoms with Crippen LogP contribution in [0, 0.1) is 5.82 Å². The first kappa shape index (κ1) is 18.5.